The lowest BCUT2D eigenvalue weighted by Crippen LogP contribution is -2.28. The molecule has 0 radical (unpaired) electrons. The molecule has 1 fully saturated rings. The molecule has 1 aliphatic heterocycles. The second kappa shape index (κ2) is 5.63. The van der Waals surface area contributed by atoms with Gasteiger partial charge in [0.25, 0.3) is 0 Å². The van der Waals surface area contributed by atoms with Crippen molar-refractivity contribution in [1.29, 1.82) is 0 Å². The summed E-state index contributed by atoms with van der Waals surface area (Å²) >= 11 is 0. The lowest BCUT2D eigenvalue weighted by molar-refractivity contribution is -0.130. The standard InChI is InChI=1S/C15H20N4O2/c1-10-2-3-12(21-10)4-5-14(20)19-7-6-11(9-19)15-13(16)8-17-18-15/h2-3,8,11H,4-7,9,16H2,1H3,(H,17,18). The lowest BCUT2D eigenvalue weighted by Gasteiger charge is -2.16. The zero-order chi connectivity index (χ0) is 14.8. The first-order chi connectivity index (χ1) is 10.1. The Kier molecular flexibility index (Phi) is 3.68. The molecular weight excluding hydrogens is 268 g/mol. The molecule has 1 atom stereocenters. The summed E-state index contributed by atoms with van der Waals surface area (Å²) in [7, 11) is 0. The van der Waals surface area contributed by atoms with E-state index in [1.807, 2.05) is 24.0 Å². The number of carbonyl (C=O) groups is 1. The highest BCUT2D eigenvalue weighted by atomic mass is 16.3. The van der Waals surface area contributed by atoms with E-state index < -0.39 is 0 Å². The fourth-order valence-electron chi connectivity index (χ4n) is 2.86. The number of nitrogens with zero attached hydrogens (tertiary/aromatic N) is 2. The minimum atomic E-state index is 0.171. The normalized spacial score (nSPS) is 18.3. The summed E-state index contributed by atoms with van der Waals surface area (Å²) in [5.41, 5.74) is 7.50. The minimum absolute atomic E-state index is 0.171. The van der Waals surface area contributed by atoms with Gasteiger partial charge in [-0.3, -0.25) is 9.89 Å². The van der Waals surface area contributed by atoms with Gasteiger partial charge in [0.15, 0.2) is 0 Å². The number of furan rings is 1. The van der Waals surface area contributed by atoms with Crippen LogP contribution < -0.4 is 5.73 Å². The molecule has 3 N–H and O–H groups in total. The molecule has 21 heavy (non-hydrogen) atoms. The third-order valence-electron chi connectivity index (χ3n) is 4.03. The number of hydrogen-bond donors (Lipinski definition) is 2. The van der Waals surface area contributed by atoms with Crippen LogP contribution in [0.3, 0.4) is 0 Å². The summed E-state index contributed by atoms with van der Waals surface area (Å²) < 4.78 is 5.49. The number of aryl methyl sites for hydroxylation is 2. The Morgan fingerprint density at radius 1 is 1.57 bits per heavy atom. The van der Waals surface area contributed by atoms with Gasteiger partial charge < -0.3 is 15.1 Å². The Morgan fingerprint density at radius 2 is 2.43 bits per heavy atom. The number of rotatable bonds is 4. The van der Waals surface area contributed by atoms with Crippen LogP contribution in [-0.2, 0) is 11.2 Å². The number of carbonyl (C=O) groups excluding carboxylic acids is 1. The molecule has 0 aromatic carbocycles. The van der Waals surface area contributed by atoms with E-state index in [-0.39, 0.29) is 11.8 Å². The van der Waals surface area contributed by atoms with Gasteiger partial charge in [-0.1, -0.05) is 0 Å². The first-order valence-electron chi connectivity index (χ1n) is 7.25. The topological polar surface area (TPSA) is 88.2 Å². The molecule has 1 unspecified atom stereocenters. The van der Waals surface area contributed by atoms with Gasteiger partial charge in [0.2, 0.25) is 5.91 Å². The number of nitrogens with two attached hydrogens (primary N) is 1. The van der Waals surface area contributed by atoms with E-state index in [4.69, 9.17) is 10.2 Å². The van der Waals surface area contributed by atoms with Gasteiger partial charge in [0.1, 0.15) is 11.5 Å². The van der Waals surface area contributed by atoms with Crippen molar-refractivity contribution in [1.82, 2.24) is 15.1 Å². The minimum Gasteiger partial charge on any atom is -0.466 e. The quantitative estimate of drug-likeness (QED) is 0.898. The highest BCUT2D eigenvalue weighted by Gasteiger charge is 2.29. The van der Waals surface area contributed by atoms with Gasteiger partial charge in [-0.05, 0) is 25.5 Å². The van der Waals surface area contributed by atoms with Crippen molar-refractivity contribution in [2.45, 2.75) is 32.1 Å². The van der Waals surface area contributed by atoms with Crippen molar-refractivity contribution in [3.05, 3.63) is 35.5 Å². The fourth-order valence-corrected chi connectivity index (χ4v) is 2.86. The van der Waals surface area contributed by atoms with E-state index in [0.29, 0.717) is 25.1 Å². The van der Waals surface area contributed by atoms with Crippen LogP contribution in [0.25, 0.3) is 0 Å². The molecule has 1 saturated heterocycles. The van der Waals surface area contributed by atoms with E-state index in [1.54, 1.807) is 6.20 Å². The Morgan fingerprint density at radius 3 is 3.10 bits per heavy atom. The predicted octanol–water partition coefficient (Wildman–Crippen LogP) is 1.84. The number of nitrogen functional groups attached to an aromatic ring is 1. The van der Waals surface area contributed by atoms with E-state index in [1.165, 1.54) is 0 Å². The molecule has 6 heteroatoms. The van der Waals surface area contributed by atoms with Crippen LogP contribution in [0.15, 0.2) is 22.7 Å². The number of anilines is 1. The summed E-state index contributed by atoms with van der Waals surface area (Å²) in [5.74, 6) is 2.19. The van der Waals surface area contributed by atoms with Gasteiger partial charge >= 0.3 is 0 Å². The van der Waals surface area contributed by atoms with Crippen LogP contribution >= 0.6 is 0 Å². The van der Waals surface area contributed by atoms with Gasteiger partial charge in [-0.25, -0.2) is 0 Å². The number of H-pyrrole nitrogens is 1. The maximum absolute atomic E-state index is 12.3. The van der Waals surface area contributed by atoms with Crippen LogP contribution in [-0.4, -0.2) is 34.1 Å². The molecular formula is C15H20N4O2. The van der Waals surface area contributed by atoms with Crippen molar-refractivity contribution in [3.8, 4) is 0 Å². The maximum atomic E-state index is 12.3. The second-order valence-electron chi connectivity index (χ2n) is 5.58. The number of aromatic amines is 1. The monoisotopic (exact) mass is 288 g/mol. The SMILES string of the molecule is Cc1ccc(CCC(=O)N2CCC(c3[nH]ncc3N)C2)o1. The van der Waals surface area contributed by atoms with Crippen molar-refractivity contribution in [2.24, 2.45) is 0 Å². The summed E-state index contributed by atoms with van der Waals surface area (Å²) in [6, 6.07) is 3.85. The third-order valence-corrected chi connectivity index (χ3v) is 4.03. The molecule has 1 aliphatic rings. The van der Waals surface area contributed by atoms with Crippen molar-refractivity contribution < 1.29 is 9.21 Å². The second-order valence-corrected chi connectivity index (χ2v) is 5.58. The third kappa shape index (κ3) is 2.94. The predicted molar refractivity (Wildman–Crippen MR) is 78.7 cm³/mol. The Balaban J connectivity index is 1.53. The highest BCUT2D eigenvalue weighted by Crippen LogP contribution is 2.29. The summed E-state index contributed by atoms with van der Waals surface area (Å²) in [4.78, 5) is 14.2. The molecule has 2 aromatic rings. The number of amides is 1. The Labute approximate surface area is 123 Å². The fraction of sp³-hybridized carbons (Fsp3) is 0.467. The van der Waals surface area contributed by atoms with Crippen LogP contribution in [0.5, 0.6) is 0 Å². The number of hydrogen-bond acceptors (Lipinski definition) is 4. The first-order valence-corrected chi connectivity index (χ1v) is 7.25. The zero-order valence-corrected chi connectivity index (χ0v) is 12.1. The molecule has 0 spiro atoms. The molecule has 112 valence electrons. The molecule has 0 bridgehead atoms. The number of nitrogens with one attached hydrogen (secondary N) is 1. The van der Waals surface area contributed by atoms with Crippen LogP contribution in [0.4, 0.5) is 5.69 Å². The molecule has 6 nitrogen and oxygen atoms in total. The number of aromatic nitrogens is 2. The van der Waals surface area contributed by atoms with E-state index in [9.17, 15) is 4.79 Å². The van der Waals surface area contributed by atoms with E-state index >= 15 is 0 Å². The van der Waals surface area contributed by atoms with Crippen LogP contribution in [0.1, 0.15) is 36.0 Å². The maximum Gasteiger partial charge on any atom is 0.223 e. The zero-order valence-electron chi connectivity index (χ0n) is 12.1. The average Bonchev–Trinajstić information content (AvgIpc) is 3.16. The van der Waals surface area contributed by atoms with E-state index in [2.05, 4.69) is 10.2 Å². The van der Waals surface area contributed by atoms with E-state index in [0.717, 1.165) is 30.2 Å². The molecule has 3 heterocycles. The van der Waals surface area contributed by atoms with Gasteiger partial charge in [-0.2, -0.15) is 5.10 Å². The Bertz CT molecular complexity index is 631. The van der Waals surface area contributed by atoms with Gasteiger partial charge in [0.05, 0.1) is 17.6 Å². The van der Waals surface area contributed by atoms with Crippen molar-refractivity contribution in [3.63, 3.8) is 0 Å². The molecule has 1 amide bonds. The average molecular weight is 288 g/mol. The highest BCUT2D eigenvalue weighted by molar-refractivity contribution is 5.76. The van der Waals surface area contributed by atoms with Gasteiger partial charge in [0, 0.05) is 31.8 Å². The summed E-state index contributed by atoms with van der Waals surface area (Å²) in [6.45, 7) is 3.40. The first kappa shape index (κ1) is 13.7. The van der Waals surface area contributed by atoms with Gasteiger partial charge in [-0.15, -0.1) is 0 Å². The van der Waals surface area contributed by atoms with Crippen molar-refractivity contribution >= 4 is 11.6 Å². The number of likely N-dealkylation sites (tertiary alicyclic amines) is 1. The smallest absolute Gasteiger partial charge is 0.223 e. The molecule has 2 aromatic heterocycles. The Hall–Kier alpha value is -2.24. The largest absolute Gasteiger partial charge is 0.466 e. The summed E-state index contributed by atoms with van der Waals surface area (Å²) in [5, 5.41) is 6.89. The molecule has 3 rings (SSSR count). The molecule has 0 saturated carbocycles. The van der Waals surface area contributed by atoms with Crippen molar-refractivity contribution in [2.75, 3.05) is 18.8 Å². The molecule has 0 aliphatic carbocycles. The lowest BCUT2D eigenvalue weighted by atomic mass is 10.0. The van der Waals surface area contributed by atoms with Crippen LogP contribution in [0, 0.1) is 6.92 Å². The van der Waals surface area contributed by atoms with Crippen LogP contribution in [0.2, 0.25) is 0 Å². The summed E-state index contributed by atoms with van der Waals surface area (Å²) in [6.07, 6.45) is 3.69.